The summed E-state index contributed by atoms with van der Waals surface area (Å²) in [6, 6.07) is -0.104. The van der Waals surface area contributed by atoms with Gasteiger partial charge in [-0.15, -0.1) is 0 Å². The number of morpholine rings is 1. The molecule has 1 heterocycles. The van der Waals surface area contributed by atoms with Gasteiger partial charge in [0.25, 0.3) is 0 Å². The van der Waals surface area contributed by atoms with Crippen LogP contribution in [0.3, 0.4) is 0 Å². The SMILES string of the molecule is CC1(C)CC(N2CCOCC2C(=O)O)CC(C)(C)C1. The summed E-state index contributed by atoms with van der Waals surface area (Å²) in [6.45, 7) is 10.9. The molecule has 1 saturated heterocycles. The minimum atomic E-state index is -0.749. The summed E-state index contributed by atoms with van der Waals surface area (Å²) in [5.74, 6) is -0.749. The lowest BCUT2D eigenvalue weighted by molar-refractivity contribution is -0.154. The number of rotatable bonds is 2. The van der Waals surface area contributed by atoms with Gasteiger partial charge in [-0.3, -0.25) is 9.69 Å². The molecule has 2 aliphatic rings. The fourth-order valence-corrected chi connectivity index (χ4v) is 4.29. The summed E-state index contributed by atoms with van der Waals surface area (Å²) in [5.41, 5.74) is 0.571. The molecule has 0 amide bonds. The molecule has 1 atom stereocenters. The van der Waals surface area contributed by atoms with Gasteiger partial charge < -0.3 is 9.84 Å². The van der Waals surface area contributed by atoms with Gasteiger partial charge in [0.05, 0.1) is 13.2 Å². The first-order chi connectivity index (χ1) is 8.70. The number of nitrogens with zero attached hydrogens (tertiary/aromatic N) is 1. The molecule has 4 heteroatoms. The molecule has 0 aromatic heterocycles. The molecule has 110 valence electrons. The minimum Gasteiger partial charge on any atom is -0.480 e. The lowest BCUT2D eigenvalue weighted by Gasteiger charge is -2.50. The summed E-state index contributed by atoms with van der Waals surface area (Å²) in [5, 5.41) is 9.38. The predicted octanol–water partition coefficient (Wildman–Crippen LogP) is 2.38. The highest BCUT2D eigenvalue weighted by Crippen LogP contribution is 2.47. The molecule has 0 bridgehead atoms. The highest BCUT2D eigenvalue weighted by molar-refractivity contribution is 5.73. The molecule has 1 unspecified atom stereocenters. The van der Waals surface area contributed by atoms with Crippen LogP contribution < -0.4 is 0 Å². The summed E-state index contributed by atoms with van der Waals surface area (Å²) in [6.07, 6.45) is 3.37. The highest BCUT2D eigenvalue weighted by atomic mass is 16.5. The summed E-state index contributed by atoms with van der Waals surface area (Å²) >= 11 is 0. The molecule has 0 spiro atoms. The van der Waals surface area contributed by atoms with E-state index in [-0.39, 0.29) is 10.8 Å². The van der Waals surface area contributed by atoms with Crippen molar-refractivity contribution in [3.05, 3.63) is 0 Å². The molecule has 4 nitrogen and oxygen atoms in total. The third kappa shape index (κ3) is 3.48. The van der Waals surface area contributed by atoms with E-state index in [1.54, 1.807) is 0 Å². The van der Waals surface area contributed by atoms with Gasteiger partial charge >= 0.3 is 5.97 Å². The fourth-order valence-electron chi connectivity index (χ4n) is 4.29. The van der Waals surface area contributed by atoms with Crippen molar-refractivity contribution in [2.24, 2.45) is 10.8 Å². The number of aliphatic carboxylic acids is 1. The zero-order chi connectivity index (χ0) is 14.3. The molecule has 2 fully saturated rings. The summed E-state index contributed by atoms with van der Waals surface area (Å²) < 4.78 is 5.35. The van der Waals surface area contributed by atoms with Crippen LogP contribution in [-0.4, -0.2) is 47.8 Å². The molecule has 1 aliphatic carbocycles. The second-order valence-electron chi connectivity index (χ2n) is 7.73. The molecule has 1 saturated carbocycles. The van der Waals surface area contributed by atoms with Crippen LogP contribution >= 0.6 is 0 Å². The van der Waals surface area contributed by atoms with E-state index in [9.17, 15) is 9.90 Å². The van der Waals surface area contributed by atoms with Gasteiger partial charge in [0.1, 0.15) is 6.04 Å². The molecule has 2 rings (SSSR count). The van der Waals surface area contributed by atoms with Gasteiger partial charge in [0.2, 0.25) is 0 Å². The van der Waals surface area contributed by atoms with E-state index in [4.69, 9.17) is 4.74 Å². The van der Waals surface area contributed by atoms with Crippen molar-refractivity contribution in [2.45, 2.75) is 59.0 Å². The van der Waals surface area contributed by atoms with E-state index >= 15 is 0 Å². The van der Waals surface area contributed by atoms with Crippen molar-refractivity contribution in [1.82, 2.24) is 4.90 Å². The zero-order valence-corrected chi connectivity index (χ0v) is 12.6. The van der Waals surface area contributed by atoms with E-state index in [0.717, 1.165) is 19.4 Å². The van der Waals surface area contributed by atoms with Crippen molar-refractivity contribution >= 4 is 5.97 Å². The first kappa shape index (κ1) is 14.8. The van der Waals surface area contributed by atoms with E-state index in [2.05, 4.69) is 32.6 Å². The third-order valence-corrected chi connectivity index (χ3v) is 4.46. The van der Waals surface area contributed by atoms with Crippen molar-refractivity contribution < 1.29 is 14.6 Å². The average molecular weight is 269 g/mol. The van der Waals surface area contributed by atoms with Gasteiger partial charge in [-0.2, -0.15) is 0 Å². The molecule has 1 aliphatic heterocycles. The van der Waals surface area contributed by atoms with E-state index in [1.165, 1.54) is 6.42 Å². The minimum absolute atomic E-state index is 0.285. The normalized spacial score (nSPS) is 32.1. The molecule has 0 aromatic carbocycles. The molecule has 1 N–H and O–H groups in total. The zero-order valence-electron chi connectivity index (χ0n) is 12.6. The van der Waals surface area contributed by atoms with Gasteiger partial charge in [0, 0.05) is 12.6 Å². The molecule has 0 aromatic rings. The second-order valence-corrected chi connectivity index (χ2v) is 7.73. The van der Waals surface area contributed by atoms with E-state index < -0.39 is 12.0 Å². The van der Waals surface area contributed by atoms with Gasteiger partial charge in [-0.25, -0.2) is 0 Å². The summed E-state index contributed by atoms with van der Waals surface area (Å²) in [7, 11) is 0. The Bertz CT molecular complexity index is 335. The Balaban J connectivity index is 2.16. The largest absolute Gasteiger partial charge is 0.480 e. The van der Waals surface area contributed by atoms with Crippen molar-refractivity contribution in [1.29, 1.82) is 0 Å². The fraction of sp³-hybridized carbons (Fsp3) is 0.933. The van der Waals surface area contributed by atoms with Crippen molar-refractivity contribution in [3.63, 3.8) is 0 Å². The molecular weight excluding hydrogens is 242 g/mol. The maximum atomic E-state index is 11.4. The van der Waals surface area contributed by atoms with Crippen LogP contribution in [0.5, 0.6) is 0 Å². The Kier molecular flexibility index (Phi) is 3.94. The van der Waals surface area contributed by atoms with E-state index in [0.29, 0.717) is 19.3 Å². The third-order valence-electron chi connectivity index (χ3n) is 4.46. The van der Waals surface area contributed by atoms with E-state index in [1.807, 2.05) is 0 Å². The lowest BCUT2D eigenvalue weighted by atomic mass is 9.63. The Morgan fingerprint density at radius 3 is 2.32 bits per heavy atom. The summed E-state index contributed by atoms with van der Waals surface area (Å²) in [4.78, 5) is 13.6. The monoisotopic (exact) mass is 269 g/mol. The average Bonchev–Trinajstić information content (AvgIpc) is 2.24. The lowest BCUT2D eigenvalue weighted by Crippen LogP contribution is -2.57. The number of ether oxygens (including phenoxy) is 1. The van der Waals surface area contributed by atoms with Gasteiger partial charge in [-0.1, -0.05) is 27.7 Å². The first-order valence-electron chi connectivity index (χ1n) is 7.27. The second kappa shape index (κ2) is 5.06. The van der Waals surface area contributed by atoms with Crippen molar-refractivity contribution in [3.8, 4) is 0 Å². The molecular formula is C15H27NO3. The number of carboxylic acid groups (broad SMARTS) is 1. The Morgan fingerprint density at radius 1 is 1.21 bits per heavy atom. The quantitative estimate of drug-likeness (QED) is 0.836. The first-order valence-corrected chi connectivity index (χ1v) is 7.27. The maximum absolute atomic E-state index is 11.4. The smallest absolute Gasteiger partial charge is 0.323 e. The number of hydrogen-bond acceptors (Lipinski definition) is 3. The standard InChI is InChI=1S/C15H27NO3/c1-14(2)7-11(8-15(3,4)10-14)16-5-6-19-9-12(16)13(17)18/h11-12H,5-10H2,1-4H3,(H,17,18). The van der Waals surface area contributed by atoms with Crippen LogP contribution in [-0.2, 0) is 9.53 Å². The van der Waals surface area contributed by atoms with Crippen LogP contribution in [0.15, 0.2) is 0 Å². The Labute approximate surface area is 116 Å². The Morgan fingerprint density at radius 2 is 1.79 bits per heavy atom. The molecule has 0 radical (unpaired) electrons. The number of carboxylic acids is 1. The number of hydrogen-bond donors (Lipinski definition) is 1. The topological polar surface area (TPSA) is 49.8 Å². The maximum Gasteiger partial charge on any atom is 0.323 e. The van der Waals surface area contributed by atoms with Crippen molar-refractivity contribution in [2.75, 3.05) is 19.8 Å². The van der Waals surface area contributed by atoms with Crippen LogP contribution in [0.25, 0.3) is 0 Å². The van der Waals surface area contributed by atoms with Crippen LogP contribution in [0.4, 0.5) is 0 Å². The van der Waals surface area contributed by atoms with Crippen LogP contribution in [0.2, 0.25) is 0 Å². The van der Waals surface area contributed by atoms with Crippen LogP contribution in [0, 0.1) is 10.8 Å². The number of carbonyl (C=O) groups is 1. The predicted molar refractivity (Wildman–Crippen MR) is 74.1 cm³/mol. The van der Waals surface area contributed by atoms with Crippen LogP contribution in [0.1, 0.15) is 47.0 Å². The van der Waals surface area contributed by atoms with Gasteiger partial charge in [0.15, 0.2) is 0 Å². The van der Waals surface area contributed by atoms with Gasteiger partial charge in [-0.05, 0) is 30.1 Å². The Hall–Kier alpha value is -0.610. The highest BCUT2D eigenvalue weighted by Gasteiger charge is 2.44. The molecule has 19 heavy (non-hydrogen) atoms.